The first-order valence-corrected chi connectivity index (χ1v) is 6.80. The SMILES string of the molecule is Cc1cc(C(=O)NCC(Oc2ccc(F)cc2)C(=O)O)n(C)n1. The lowest BCUT2D eigenvalue weighted by Crippen LogP contribution is -2.40. The van der Waals surface area contributed by atoms with Crippen LogP contribution in [0, 0.1) is 12.7 Å². The number of nitrogens with one attached hydrogen (secondary N) is 1. The van der Waals surface area contributed by atoms with Gasteiger partial charge in [-0.15, -0.1) is 0 Å². The molecule has 1 amide bonds. The summed E-state index contributed by atoms with van der Waals surface area (Å²) in [5.41, 5.74) is 0.989. The molecule has 8 heteroatoms. The Kier molecular flexibility index (Phi) is 4.95. The fourth-order valence-corrected chi connectivity index (χ4v) is 1.96. The molecule has 0 spiro atoms. The van der Waals surface area contributed by atoms with E-state index in [0.29, 0.717) is 11.4 Å². The van der Waals surface area contributed by atoms with Crippen LogP contribution in [0.1, 0.15) is 16.2 Å². The molecule has 2 N–H and O–H groups in total. The summed E-state index contributed by atoms with van der Waals surface area (Å²) in [6, 6.07) is 6.54. The van der Waals surface area contributed by atoms with Gasteiger partial charge in [0.25, 0.3) is 5.91 Å². The van der Waals surface area contributed by atoms with Gasteiger partial charge in [0.1, 0.15) is 17.3 Å². The molecule has 0 aliphatic carbocycles. The number of aromatic nitrogens is 2. The summed E-state index contributed by atoms with van der Waals surface area (Å²) in [5.74, 6) is -1.95. The van der Waals surface area contributed by atoms with Crippen molar-refractivity contribution in [1.29, 1.82) is 0 Å². The molecule has 0 aliphatic rings. The highest BCUT2D eigenvalue weighted by Crippen LogP contribution is 2.13. The van der Waals surface area contributed by atoms with Crippen LogP contribution < -0.4 is 10.1 Å². The minimum atomic E-state index is -1.29. The minimum absolute atomic E-state index is 0.199. The van der Waals surface area contributed by atoms with Crippen LogP contribution in [0.2, 0.25) is 0 Å². The number of carboxylic acid groups (broad SMARTS) is 1. The van der Waals surface area contributed by atoms with Gasteiger partial charge in [0.15, 0.2) is 0 Å². The summed E-state index contributed by atoms with van der Waals surface area (Å²) < 4.78 is 19.5. The fourth-order valence-electron chi connectivity index (χ4n) is 1.96. The quantitative estimate of drug-likeness (QED) is 0.832. The predicted molar refractivity (Wildman–Crippen MR) is 78.7 cm³/mol. The zero-order chi connectivity index (χ0) is 17.0. The third kappa shape index (κ3) is 4.29. The van der Waals surface area contributed by atoms with E-state index in [9.17, 15) is 14.0 Å². The molecule has 1 heterocycles. The van der Waals surface area contributed by atoms with Crippen molar-refractivity contribution < 1.29 is 23.8 Å². The Labute approximate surface area is 131 Å². The number of rotatable bonds is 6. The molecule has 122 valence electrons. The molecule has 1 atom stereocenters. The Morgan fingerprint density at radius 2 is 2.04 bits per heavy atom. The molecule has 2 rings (SSSR count). The van der Waals surface area contributed by atoms with Crippen LogP contribution in [0.25, 0.3) is 0 Å². The number of carboxylic acids is 1. The lowest BCUT2D eigenvalue weighted by atomic mass is 10.3. The van der Waals surface area contributed by atoms with Gasteiger partial charge in [0.05, 0.1) is 12.2 Å². The van der Waals surface area contributed by atoms with Crippen LogP contribution in [-0.2, 0) is 11.8 Å². The van der Waals surface area contributed by atoms with Gasteiger partial charge in [0, 0.05) is 7.05 Å². The van der Waals surface area contributed by atoms with Crippen molar-refractivity contribution >= 4 is 11.9 Å². The number of hydrogen-bond donors (Lipinski definition) is 2. The third-order valence-electron chi connectivity index (χ3n) is 3.05. The molecule has 0 fully saturated rings. The molecular weight excluding hydrogens is 305 g/mol. The van der Waals surface area contributed by atoms with Crippen LogP contribution >= 0.6 is 0 Å². The number of carbonyl (C=O) groups is 2. The third-order valence-corrected chi connectivity index (χ3v) is 3.05. The van der Waals surface area contributed by atoms with Gasteiger partial charge in [-0.2, -0.15) is 5.10 Å². The van der Waals surface area contributed by atoms with E-state index in [1.54, 1.807) is 20.0 Å². The molecule has 7 nitrogen and oxygen atoms in total. The van der Waals surface area contributed by atoms with Gasteiger partial charge >= 0.3 is 5.97 Å². The number of nitrogens with zero attached hydrogens (tertiary/aromatic N) is 2. The number of carbonyl (C=O) groups excluding carboxylic acids is 1. The molecule has 0 bridgehead atoms. The standard InChI is InChI=1S/C15H16FN3O4/c1-9-7-12(19(2)18-9)14(20)17-8-13(15(21)22)23-11-5-3-10(16)4-6-11/h3-7,13H,8H2,1-2H3,(H,17,20)(H,21,22). The lowest BCUT2D eigenvalue weighted by molar-refractivity contribution is -0.144. The highest BCUT2D eigenvalue weighted by molar-refractivity contribution is 5.93. The summed E-state index contributed by atoms with van der Waals surface area (Å²) in [5, 5.41) is 15.7. The maximum atomic E-state index is 12.8. The number of aryl methyl sites for hydroxylation is 2. The maximum Gasteiger partial charge on any atom is 0.346 e. The number of amides is 1. The average molecular weight is 321 g/mol. The van der Waals surface area contributed by atoms with Gasteiger partial charge in [-0.05, 0) is 37.3 Å². The minimum Gasteiger partial charge on any atom is -0.478 e. The normalized spacial score (nSPS) is 11.8. The Balaban J connectivity index is 1.99. The first-order chi connectivity index (χ1) is 10.9. The van der Waals surface area contributed by atoms with E-state index in [0.717, 1.165) is 12.1 Å². The zero-order valence-electron chi connectivity index (χ0n) is 12.6. The Morgan fingerprint density at radius 3 is 2.57 bits per heavy atom. The summed E-state index contributed by atoms with van der Waals surface area (Å²) in [6.45, 7) is 1.50. The number of aliphatic carboxylic acids is 1. The molecule has 1 aromatic heterocycles. The first-order valence-electron chi connectivity index (χ1n) is 6.80. The van der Waals surface area contributed by atoms with Crippen LogP contribution in [-0.4, -0.2) is 39.4 Å². The monoisotopic (exact) mass is 321 g/mol. The summed E-state index contributed by atoms with van der Waals surface area (Å²) in [4.78, 5) is 23.3. The Bertz CT molecular complexity index is 712. The summed E-state index contributed by atoms with van der Waals surface area (Å²) in [6.07, 6.45) is -1.29. The van der Waals surface area contributed by atoms with Crippen LogP contribution in [0.15, 0.2) is 30.3 Å². The molecule has 0 radical (unpaired) electrons. The summed E-state index contributed by atoms with van der Waals surface area (Å²) in [7, 11) is 1.62. The second-order valence-corrected chi connectivity index (χ2v) is 4.90. The van der Waals surface area contributed by atoms with Crippen molar-refractivity contribution in [3.63, 3.8) is 0 Å². The lowest BCUT2D eigenvalue weighted by Gasteiger charge is -2.15. The largest absolute Gasteiger partial charge is 0.478 e. The van der Waals surface area contributed by atoms with Gasteiger partial charge < -0.3 is 15.2 Å². The predicted octanol–water partition coefficient (Wildman–Crippen LogP) is 1.13. The number of ether oxygens (including phenoxy) is 1. The van der Waals surface area contributed by atoms with Crippen LogP contribution in [0.5, 0.6) is 5.75 Å². The zero-order valence-corrected chi connectivity index (χ0v) is 12.6. The molecule has 0 saturated heterocycles. The number of halogens is 1. The van der Waals surface area contributed by atoms with Crippen LogP contribution in [0.4, 0.5) is 4.39 Å². The second-order valence-electron chi connectivity index (χ2n) is 4.90. The van der Waals surface area contributed by atoms with Crippen molar-refractivity contribution in [3.8, 4) is 5.75 Å². The molecule has 23 heavy (non-hydrogen) atoms. The number of benzene rings is 1. The molecular formula is C15H16FN3O4. The molecule has 1 unspecified atom stereocenters. The van der Waals surface area contributed by atoms with E-state index in [1.165, 1.54) is 16.8 Å². The van der Waals surface area contributed by atoms with E-state index >= 15 is 0 Å². The van der Waals surface area contributed by atoms with E-state index in [1.807, 2.05) is 0 Å². The van der Waals surface area contributed by atoms with Crippen molar-refractivity contribution in [2.75, 3.05) is 6.54 Å². The molecule has 0 saturated carbocycles. The van der Waals surface area contributed by atoms with Gasteiger partial charge in [-0.25, -0.2) is 9.18 Å². The first kappa shape index (κ1) is 16.5. The van der Waals surface area contributed by atoms with Crippen molar-refractivity contribution in [3.05, 3.63) is 47.5 Å². The summed E-state index contributed by atoms with van der Waals surface area (Å²) >= 11 is 0. The second kappa shape index (κ2) is 6.91. The Hall–Kier alpha value is -2.90. The van der Waals surface area contributed by atoms with Crippen LogP contribution in [0.3, 0.4) is 0 Å². The fraction of sp³-hybridized carbons (Fsp3) is 0.267. The highest BCUT2D eigenvalue weighted by Gasteiger charge is 2.21. The van der Waals surface area contributed by atoms with Crippen molar-refractivity contribution in [1.82, 2.24) is 15.1 Å². The van der Waals surface area contributed by atoms with E-state index in [4.69, 9.17) is 9.84 Å². The van der Waals surface area contributed by atoms with Gasteiger partial charge in [-0.3, -0.25) is 9.48 Å². The van der Waals surface area contributed by atoms with E-state index in [-0.39, 0.29) is 12.3 Å². The topological polar surface area (TPSA) is 93.5 Å². The van der Waals surface area contributed by atoms with E-state index < -0.39 is 23.8 Å². The molecule has 1 aromatic carbocycles. The Morgan fingerprint density at radius 1 is 1.39 bits per heavy atom. The van der Waals surface area contributed by atoms with Gasteiger partial charge in [-0.1, -0.05) is 0 Å². The molecule has 0 aliphatic heterocycles. The van der Waals surface area contributed by atoms with Crippen molar-refractivity contribution in [2.45, 2.75) is 13.0 Å². The van der Waals surface area contributed by atoms with E-state index in [2.05, 4.69) is 10.4 Å². The van der Waals surface area contributed by atoms with Crippen molar-refractivity contribution in [2.24, 2.45) is 7.05 Å². The average Bonchev–Trinajstić information content (AvgIpc) is 2.83. The molecule has 2 aromatic rings. The number of hydrogen-bond acceptors (Lipinski definition) is 4. The highest BCUT2D eigenvalue weighted by atomic mass is 19.1. The smallest absolute Gasteiger partial charge is 0.346 e. The maximum absolute atomic E-state index is 12.8. The van der Waals surface area contributed by atoms with Gasteiger partial charge in [0.2, 0.25) is 6.10 Å².